The molecule has 0 N–H and O–H groups in total. The molecule has 0 amide bonds. The average molecular weight is 282 g/mol. The second kappa shape index (κ2) is 5.71. The Labute approximate surface area is 122 Å². The molecule has 3 rings (SSSR count). The molecule has 1 aliphatic heterocycles. The van der Waals surface area contributed by atoms with Crippen LogP contribution < -0.4 is 14.2 Å². The number of ketones is 1. The van der Waals surface area contributed by atoms with Crippen molar-refractivity contribution in [3.63, 3.8) is 0 Å². The Hall–Kier alpha value is -2.75. The van der Waals surface area contributed by atoms with Gasteiger partial charge in [-0.15, -0.1) is 0 Å². The summed E-state index contributed by atoms with van der Waals surface area (Å²) in [6, 6.07) is 12.7. The van der Waals surface area contributed by atoms with E-state index in [0.29, 0.717) is 17.1 Å². The van der Waals surface area contributed by atoms with Gasteiger partial charge >= 0.3 is 0 Å². The van der Waals surface area contributed by atoms with Crippen LogP contribution in [0.3, 0.4) is 0 Å². The number of benzene rings is 2. The van der Waals surface area contributed by atoms with Gasteiger partial charge in [-0.1, -0.05) is 18.2 Å². The number of para-hydroxylation sites is 1. The number of methoxy groups -OCH3 is 1. The molecule has 0 atom stereocenters. The minimum atomic E-state index is -0.0980. The molecule has 1 heterocycles. The molecule has 106 valence electrons. The Kier molecular flexibility index (Phi) is 3.60. The maximum atomic E-state index is 12.2. The monoisotopic (exact) mass is 282 g/mol. The van der Waals surface area contributed by atoms with Gasteiger partial charge in [0.15, 0.2) is 17.3 Å². The van der Waals surface area contributed by atoms with Crippen LogP contribution in [0.15, 0.2) is 48.5 Å². The minimum absolute atomic E-state index is 0.0980. The number of hydrogen-bond acceptors (Lipinski definition) is 4. The summed E-state index contributed by atoms with van der Waals surface area (Å²) in [5.74, 6) is 1.90. The Morgan fingerprint density at radius 3 is 2.81 bits per heavy atom. The fraction of sp³-hybridized carbons (Fsp3) is 0.118. The number of ether oxygens (including phenoxy) is 3. The van der Waals surface area contributed by atoms with E-state index in [1.165, 1.54) is 6.08 Å². The quantitative estimate of drug-likeness (QED) is 0.637. The van der Waals surface area contributed by atoms with Crippen LogP contribution in [0.5, 0.6) is 17.2 Å². The van der Waals surface area contributed by atoms with Gasteiger partial charge in [-0.25, -0.2) is 0 Å². The summed E-state index contributed by atoms with van der Waals surface area (Å²) >= 11 is 0. The van der Waals surface area contributed by atoms with Crippen LogP contribution in [0.2, 0.25) is 0 Å². The van der Waals surface area contributed by atoms with Crippen molar-refractivity contribution in [3.05, 3.63) is 59.7 Å². The first-order chi connectivity index (χ1) is 10.3. The molecule has 2 aromatic rings. The topological polar surface area (TPSA) is 44.8 Å². The molecular formula is C17H14O4. The Morgan fingerprint density at radius 2 is 1.95 bits per heavy atom. The predicted octanol–water partition coefficient (Wildman–Crippen LogP) is 3.32. The molecule has 0 radical (unpaired) electrons. The van der Waals surface area contributed by atoms with Gasteiger partial charge in [0.2, 0.25) is 6.79 Å². The van der Waals surface area contributed by atoms with Crippen LogP contribution >= 0.6 is 0 Å². The normalized spacial score (nSPS) is 12.6. The third-order valence-corrected chi connectivity index (χ3v) is 3.21. The van der Waals surface area contributed by atoms with E-state index in [1.54, 1.807) is 31.4 Å². The van der Waals surface area contributed by atoms with Crippen LogP contribution in [0.4, 0.5) is 0 Å². The average Bonchev–Trinajstić information content (AvgIpc) is 3.00. The molecule has 0 aromatic heterocycles. The van der Waals surface area contributed by atoms with Gasteiger partial charge in [-0.3, -0.25) is 4.79 Å². The highest BCUT2D eigenvalue weighted by atomic mass is 16.7. The highest BCUT2D eigenvalue weighted by Crippen LogP contribution is 2.32. The van der Waals surface area contributed by atoms with Crippen LogP contribution in [0.25, 0.3) is 6.08 Å². The molecule has 4 heteroatoms. The van der Waals surface area contributed by atoms with Gasteiger partial charge in [0.1, 0.15) is 5.75 Å². The molecule has 4 nitrogen and oxygen atoms in total. The van der Waals surface area contributed by atoms with E-state index in [2.05, 4.69) is 0 Å². The second-order valence-corrected chi connectivity index (χ2v) is 4.51. The molecular weight excluding hydrogens is 268 g/mol. The van der Waals surface area contributed by atoms with Gasteiger partial charge in [-0.05, 0) is 36.4 Å². The Balaban J connectivity index is 1.81. The number of carbonyl (C=O) groups excluding carboxylic acids is 1. The lowest BCUT2D eigenvalue weighted by molar-refractivity contribution is 0.104. The Bertz CT molecular complexity index is 704. The largest absolute Gasteiger partial charge is 0.496 e. The van der Waals surface area contributed by atoms with Crippen LogP contribution in [0.1, 0.15) is 15.9 Å². The van der Waals surface area contributed by atoms with Crippen molar-refractivity contribution in [2.75, 3.05) is 13.9 Å². The summed E-state index contributed by atoms with van der Waals surface area (Å²) in [7, 11) is 1.60. The first kappa shape index (κ1) is 13.2. The van der Waals surface area contributed by atoms with Crippen molar-refractivity contribution >= 4 is 11.9 Å². The summed E-state index contributed by atoms with van der Waals surface area (Å²) in [6.07, 6.45) is 3.27. The molecule has 0 spiro atoms. The summed E-state index contributed by atoms with van der Waals surface area (Å²) in [4.78, 5) is 12.2. The van der Waals surface area contributed by atoms with Gasteiger partial charge < -0.3 is 14.2 Å². The maximum Gasteiger partial charge on any atom is 0.231 e. The third-order valence-electron chi connectivity index (χ3n) is 3.21. The van der Waals surface area contributed by atoms with Crippen molar-refractivity contribution in [1.29, 1.82) is 0 Å². The van der Waals surface area contributed by atoms with Crippen molar-refractivity contribution in [1.82, 2.24) is 0 Å². The molecule has 0 aliphatic carbocycles. The van der Waals surface area contributed by atoms with Crippen LogP contribution in [0, 0.1) is 0 Å². The highest BCUT2D eigenvalue weighted by Gasteiger charge is 2.15. The number of hydrogen-bond donors (Lipinski definition) is 0. The maximum absolute atomic E-state index is 12.2. The SMILES string of the molecule is COc1ccccc1/C=C/C(=O)c1ccc2c(c1)OCO2. The van der Waals surface area contributed by atoms with E-state index in [-0.39, 0.29) is 12.6 Å². The van der Waals surface area contributed by atoms with Crippen LogP contribution in [-0.4, -0.2) is 19.7 Å². The molecule has 0 saturated carbocycles. The zero-order valence-electron chi connectivity index (χ0n) is 11.5. The first-order valence-corrected chi connectivity index (χ1v) is 6.53. The number of allylic oxidation sites excluding steroid dienone is 1. The fourth-order valence-electron chi connectivity index (χ4n) is 2.12. The summed E-state index contributed by atoms with van der Waals surface area (Å²) in [5, 5.41) is 0. The lowest BCUT2D eigenvalue weighted by Gasteiger charge is -2.03. The number of fused-ring (bicyclic) bond motifs is 1. The number of carbonyl (C=O) groups is 1. The Morgan fingerprint density at radius 1 is 1.14 bits per heavy atom. The molecule has 2 aromatic carbocycles. The van der Waals surface area contributed by atoms with Crippen molar-refractivity contribution in [3.8, 4) is 17.2 Å². The lowest BCUT2D eigenvalue weighted by atomic mass is 10.1. The highest BCUT2D eigenvalue weighted by molar-refractivity contribution is 6.07. The number of rotatable bonds is 4. The zero-order chi connectivity index (χ0) is 14.7. The molecule has 0 fully saturated rings. The second-order valence-electron chi connectivity index (χ2n) is 4.51. The zero-order valence-corrected chi connectivity index (χ0v) is 11.5. The van der Waals surface area contributed by atoms with Crippen LogP contribution in [-0.2, 0) is 0 Å². The van der Waals surface area contributed by atoms with E-state index in [1.807, 2.05) is 24.3 Å². The van der Waals surface area contributed by atoms with E-state index in [9.17, 15) is 4.79 Å². The fourth-order valence-corrected chi connectivity index (χ4v) is 2.12. The predicted molar refractivity (Wildman–Crippen MR) is 78.9 cm³/mol. The van der Waals surface area contributed by atoms with E-state index in [0.717, 1.165) is 11.3 Å². The molecule has 21 heavy (non-hydrogen) atoms. The lowest BCUT2D eigenvalue weighted by Crippen LogP contribution is -1.95. The van der Waals surface area contributed by atoms with E-state index in [4.69, 9.17) is 14.2 Å². The van der Waals surface area contributed by atoms with Gasteiger partial charge in [-0.2, -0.15) is 0 Å². The smallest absolute Gasteiger partial charge is 0.231 e. The van der Waals surface area contributed by atoms with Crippen molar-refractivity contribution < 1.29 is 19.0 Å². The van der Waals surface area contributed by atoms with E-state index < -0.39 is 0 Å². The summed E-state index contributed by atoms with van der Waals surface area (Å²) < 4.78 is 15.7. The van der Waals surface area contributed by atoms with E-state index >= 15 is 0 Å². The molecule has 0 bridgehead atoms. The van der Waals surface area contributed by atoms with Crippen molar-refractivity contribution in [2.24, 2.45) is 0 Å². The molecule has 0 saturated heterocycles. The van der Waals surface area contributed by atoms with Gasteiger partial charge in [0.05, 0.1) is 7.11 Å². The van der Waals surface area contributed by atoms with Crippen molar-refractivity contribution in [2.45, 2.75) is 0 Å². The first-order valence-electron chi connectivity index (χ1n) is 6.53. The third kappa shape index (κ3) is 2.74. The summed E-state index contributed by atoms with van der Waals surface area (Å²) in [5.41, 5.74) is 1.42. The standard InChI is InChI=1S/C17H14O4/c1-19-15-5-3-2-4-12(15)6-8-14(18)13-7-9-16-17(10-13)21-11-20-16/h2-10H,11H2,1H3/b8-6+. The van der Waals surface area contributed by atoms with Gasteiger partial charge in [0, 0.05) is 11.1 Å². The summed E-state index contributed by atoms with van der Waals surface area (Å²) in [6.45, 7) is 0.198. The molecule has 1 aliphatic rings. The minimum Gasteiger partial charge on any atom is -0.496 e. The van der Waals surface area contributed by atoms with Gasteiger partial charge in [0.25, 0.3) is 0 Å². The molecule has 0 unspecified atom stereocenters.